The summed E-state index contributed by atoms with van der Waals surface area (Å²) < 4.78 is 36.3. The van der Waals surface area contributed by atoms with E-state index in [0.29, 0.717) is 12.8 Å². The van der Waals surface area contributed by atoms with Crippen molar-refractivity contribution in [3.05, 3.63) is 0 Å². The molecule has 0 aliphatic heterocycles. The molecular weight excluding hydrogens is 219 g/mol. The third-order valence-corrected chi connectivity index (χ3v) is 3.57. The van der Waals surface area contributed by atoms with Gasteiger partial charge in [-0.3, -0.25) is 4.79 Å². The van der Waals surface area contributed by atoms with Crippen molar-refractivity contribution in [3.8, 4) is 0 Å². The zero-order valence-electron chi connectivity index (χ0n) is 8.23. The molecule has 0 aromatic heterocycles. The molecule has 2 fully saturated rings. The van der Waals surface area contributed by atoms with Gasteiger partial charge in [0.05, 0.1) is 0 Å². The number of hydrogen-bond donors (Lipinski definition) is 0. The first kappa shape index (κ1) is 13.2. The van der Waals surface area contributed by atoms with Gasteiger partial charge in [0.1, 0.15) is 5.78 Å². The second kappa shape index (κ2) is 4.20. The molecule has 2 aliphatic rings. The zero-order valence-corrected chi connectivity index (χ0v) is 11.4. The number of rotatable bonds is 2. The Morgan fingerprint density at radius 1 is 1.36 bits per heavy atom. The van der Waals surface area contributed by atoms with Gasteiger partial charge in [-0.05, 0) is 18.8 Å². The molecule has 0 heterocycles. The average Bonchev–Trinajstić information content (AvgIpc) is 1.78. The quantitative estimate of drug-likeness (QED) is 0.590. The fraction of sp³-hybridized carbons (Fsp3) is 0.875. The van der Waals surface area contributed by atoms with Crippen molar-refractivity contribution in [2.75, 3.05) is 0 Å². The monoisotopic (exact) mass is 230 g/mol. The van der Waals surface area contributed by atoms with Crippen LogP contribution in [0.3, 0.4) is 0 Å². The van der Waals surface area contributed by atoms with E-state index in [9.17, 15) is 17.7 Å². The summed E-state index contributed by atoms with van der Waals surface area (Å²) in [6, 6.07) is 0. The molecular formula is C8H11BF3KO. The van der Waals surface area contributed by atoms with Crippen LogP contribution in [-0.4, -0.2) is 12.8 Å². The van der Waals surface area contributed by atoms with Crippen molar-refractivity contribution < 1.29 is 69.1 Å². The van der Waals surface area contributed by atoms with Crippen LogP contribution in [0.5, 0.6) is 0 Å². The molecule has 1 atom stereocenters. The van der Waals surface area contributed by atoms with Crippen molar-refractivity contribution in [1.82, 2.24) is 0 Å². The van der Waals surface area contributed by atoms with E-state index in [0.717, 1.165) is 6.42 Å². The van der Waals surface area contributed by atoms with Crippen LogP contribution >= 0.6 is 0 Å². The summed E-state index contributed by atoms with van der Waals surface area (Å²) in [7, 11) is 0. The standard InChI is InChI=1S/C8H11BF3O.K/c10-9(11,12)5-6-4-7(13)8(6)2-1-3-8;/h6H,1-5H2;/q-1;+1. The van der Waals surface area contributed by atoms with Crippen molar-refractivity contribution in [1.29, 1.82) is 0 Å². The number of halogens is 3. The Kier molecular flexibility index (Phi) is 3.97. The normalized spacial score (nSPS) is 29.1. The second-order valence-electron chi connectivity index (χ2n) is 4.28. The maximum absolute atomic E-state index is 12.1. The van der Waals surface area contributed by atoms with Gasteiger partial charge in [-0.2, -0.15) is 0 Å². The molecule has 2 rings (SSSR count). The van der Waals surface area contributed by atoms with E-state index in [1.165, 1.54) is 0 Å². The van der Waals surface area contributed by atoms with Crippen molar-refractivity contribution in [2.24, 2.45) is 11.3 Å². The summed E-state index contributed by atoms with van der Waals surface area (Å²) in [4.78, 5) is 11.2. The summed E-state index contributed by atoms with van der Waals surface area (Å²) in [6.45, 7) is -4.71. The minimum Gasteiger partial charge on any atom is -0.449 e. The van der Waals surface area contributed by atoms with Crippen LogP contribution in [0.2, 0.25) is 6.32 Å². The SMILES string of the molecule is O=C1CC(C[B-](F)(F)F)C12CCC2.[K+]. The maximum Gasteiger partial charge on any atom is 1.00 e. The fourth-order valence-electron chi connectivity index (χ4n) is 2.60. The summed E-state index contributed by atoms with van der Waals surface area (Å²) in [5.74, 6) is -0.308. The van der Waals surface area contributed by atoms with Crippen molar-refractivity contribution in [2.45, 2.75) is 32.0 Å². The summed E-state index contributed by atoms with van der Waals surface area (Å²) in [6.07, 6.45) is 1.78. The molecule has 0 radical (unpaired) electrons. The predicted molar refractivity (Wildman–Crippen MR) is 43.3 cm³/mol. The predicted octanol–water partition coefficient (Wildman–Crippen LogP) is -0.403. The number of Topliss-reactive ketones (excluding diaryl/α,β-unsaturated/α-hetero) is 1. The minimum absolute atomic E-state index is 0. The van der Waals surface area contributed by atoms with E-state index in [-0.39, 0.29) is 69.5 Å². The van der Waals surface area contributed by atoms with Gasteiger partial charge in [-0.1, -0.05) is 12.7 Å². The summed E-state index contributed by atoms with van der Waals surface area (Å²) in [5.41, 5.74) is -0.517. The van der Waals surface area contributed by atoms with Crippen LogP contribution in [0.25, 0.3) is 0 Å². The van der Waals surface area contributed by atoms with E-state index in [4.69, 9.17) is 0 Å². The molecule has 0 amide bonds. The van der Waals surface area contributed by atoms with Crippen molar-refractivity contribution >= 4 is 12.8 Å². The number of carbonyl (C=O) groups is 1. The third-order valence-electron chi connectivity index (χ3n) is 3.57. The van der Waals surface area contributed by atoms with Gasteiger partial charge in [0.15, 0.2) is 0 Å². The summed E-state index contributed by atoms with van der Waals surface area (Å²) in [5, 5.41) is 0. The number of carbonyl (C=O) groups excluding carboxylic acids is 1. The average molecular weight is 230 g/mol. The maximum atomic E-state index is 12.1. The van der Waals surface area contributed by atoms with E-state index in [1.807, 2.05) is 0 Å². The largest absolute Gasteiger partial charge is 1.00 e. The third kappa shape index (κ3) is 2.14. The van der Waals surface area contributed by atoms with Crippen molar-refractivity contribution in [3.63, 3.8) is 0 Å². The van der Waals surface area contributed by atoms with E-state index >= 15 is 0 Å². The second-order valence-corrected chi connectivity index (χ2v) is 4.28. The first-order valence-electron chi connectivity index (χ1n) is 4.68. The van der Waals surface area contributed by atoms with Gasteiger partial charge in [0.25, 0.3) is 0 Å². The molecule has 2 aliphatic carbocycles. The molecule has 0 N–H and O–H groups in total. The molecule has 6 heteroatoms. The van der Waals surface area contributed by atoms with Gasteiger partial charge in [0, 0.05) is 11.8 Å². The molecule has 0 bridgehead atoms. The first-order valence-corrected chi connectivity index (χ1v) is 4.68. The Labute approximate surface area is 124 Å². The van der Waals surface area contributed by atoms with Crippen LogP contribution in [0.1, 0.15) is 25.7 Å². The molecule has 1 spiro atoms. The number of ketones is 1. The Hall–Kier alpha value is 1.16. The van der Waals surface area contributed by atoms with Gasteiger partial charge in [-0.15, -0.1) is 0 Å². The van der Waals surface area contributed by atoms with Gasteiger partial charge >= 0.3 is 58.4 Å². The Balaban J connectivity index is 0.000000980. The summed E-state index contributed by atoms with van der Waals surface area (Å²) >= 11 is 0. The van der Waals surface area contributed by atoms with E-state index in [1.54, 1.807) is 0 Å². The Morgan fingerprint density at radius 2 is 1.93 bits per heavy atom. The Bertz CT molecular complexity index is 249. The molecule has 1 unspecified atom stereocenters. The van der Waals surface area contributed by atoms with Gasteiger partial charge in [0.2, 0.25) is 0 Å². The minimum atomic E-state index is -4.71. The topological polar surface area (TPSA) is 17.1 Å². The van der Waals surface area contributed by atoms with Crippen LogP contribution < -0.4 is 51.4 Å². The smallest absolute Gasteiger partial charge is 0.449 e. The molecule has 1 nitrogen and oxygen atoms in total. The molecule has 74 valence electrons. The Morgan fingerprint density at radius 3 is 2.21 bits per heavy atom. The molecule has 0 aromatic carbocycles. The van der Waals surface area contributed by atoms with E-state index in [2.05, 4.69) is 0 Å². The first-order chi connectivity index (χ1) is 5.94. The molecule has 2 saturated carbocycles. The van der Waals surface area contributed by atoms with Crippen LogP contribution in [0.4, 0.5) is 12.9 Å². The van der Waals surface area contributed by atoms with Crippen LogP contribution in [-0.2, 0) is 4.79 Å². The van der Waals surface area contributed by atoms with Gasteiger partial charge in [-0.25, -0.2) is 0 Å². The molecule has 0 saturated heterocycles. The zero-order chi connectivity index (χ0) is 9.69. The molecule has 0 aromatic rings. The van der Waals surface area contributed by atoms with E-state index < -0.39 is 18.7 Å². The fourth-order valence-corrected chi connectivity index (χ4v) is 2.60. The number of hydrogen-bond acceptors (Lipinski definition) is 1. The van der Waals surface area contributed by atoms with Crippen LogP contribution in [0, 0.1) is 11.3 Å². The van der Waals surface area contributed by atoms with Crippen LogP contribution in [0.15, 0.2) is 0 Å². The van der Waals surface area contributed by atoms with Gasteiger partial charge < -0.3 is 12.9 Å². The molecule has 14 heavy (non-hydrogen) atoms.